The van der Waals surface area contributed by atoms with E-state index in [0.29, 0.717) is 12.6 Å². The van der Waals surface area contributed by atoms with Crippen molar-refractivity contribution in [2.75, 3.05) is 19.8 Å². The third-order valence-electron chi connectivity index (χ3n) is 4.23. The second-order valence-electron chi connectivity index (χ2n) is 5.62. The van der Waals surface area contributed by atoms with E-state index in [0.717, 1.165) is 26.1 Å². The Kier molecular flexibility index (Phi) is 4.56. The maximum atomic E-state index is 5.99. The van der Waals surface area contributed by atoms with Gasteiger partial charge in [0.1, 0.15) is 0 Å². The van der Waals surface area contributed by atoms with Crippen LogP contribution in [0.1, 0.15) is 22.6 Å². The molecule has 1 aromatic heterocycles. The van der Waals surface area contributed by atoms with Crippen LogP contribution in [-0.2, 0) is 16.0 Å². The van der Waals surface area contributed by atoms with Crippen LogP contribution in [0.3, 0.4) is 0 Å². The normalized spacial score (nSPS) is 30.4. The van der Waals surface area contributed by atoms with Crippen molar-refractivity contribution in [1.29, 1.82) is 0 Å². The molecule has 2 fully saturated rings. The maximum absolute atomic E-state index is 5.99. The van der Waals surface area contributed by atoms with E-state index in [4.69, 9.17) is 9.47 Å². The number of ether oxygens (including phenoxy) is 2. The Hall–Kier alpha value is -0.680. The second-order valence-corrected chi connectivity index (χ2v) is 7.00. The molecule has 1 aliphatic heterocycles. The highest BCUT2D eigenvalue weighted by molar-refractivity contribution is 7.11. The molecule has 20 heavy (non-hydrogen) atoms. The molecule has 0 unspecified atom stereocenters. The molecule has 1 saturated carbocycles. The molecule has 0 amide bonds. The minimum atomic E-state index is 0.205. The zero-order chi connectivity index (χ0) is 13.9. The molecule has 0 N–H and O–H groups in total. The Morgan fingerprint density at radius 2 is 2.40 bits per heavy atom. The van der Waals surface area contributed by atoms with Gasteiger partial charge in [0.2, 0.25) is 0 Å². The minimum Gasteiger partial charge on any atom is -0.374 e. The lowest BCUT2D eigenvalue weighted by atomic mass is 10.1. The molecule has 3 rings (SSSR count). The molecule has 3 nitrogen and oxygen atoms in total. The van der Waals surface area contributed by atoms with E-state index in [9.17, 15) is 0 Å². The summed E-state index contributed by atoms with van der Waals surface area (Å²) in [5, 5.41) is 0. The van der Waals surface area contributed by atoms with Gasteiger partial charge in [-0.05, 0) is 31.9 Å². The highest BCUT2D eigenvalue weighted by Crippen LogP contribution is 2.33. The Bertz CT molecular complexity index is 459. The summed E-state index contributed by atoms with van der Waals surface area (Å²) < 4.78 is 12.0. The van der Waals surface area contributed by atoms with Gasteiger partial charge in [-0.3, -0.25) is 4.90 Å². The molecule has 3 atom stereocenters. The van der Waals surface area contributed by atoms with Crippen molar-refractivity contribution in [2.24, 2.45) is 0 Å². The lowest BCUT2D eigenvalue weighted by Gasteiger charge is -2.30. The van der Waals surface area contributed by atoms with E-state index in [1.165, 1.54) is 16.2 Å². The molecule has 1 saturated heterocycles. The van der Waals surface area contributed by atoms with E-state index < -0.39 is 0 Å². The monoisotopic (exact) mass is 293 g/mol. The fraction of sp³-hybridized carbons (Fsp3) is 0.625. The molecular formula is C16H23NO2S. The number of hydrogen-bond donors (Lipinski definition) is 0. The first kappa shape index (κ1) is 14.3. The van der Waals surface area contributed by atoms with Crippen molar-refractivity contribution in [1.82, 2.24) is 4.90 Å². The third-order valence-corrected chi connectivity index (χ3v) is 5.22. The highest BCUT2D eigenvalue weighted by Gasteiger charge is 2.42. The minimum absolute atomic E-state index is 0.205. The predicted molar refractivity (Wildman–Crippen MR) is 82.2 cm³/mol. The second kappa shape index (κ2) is 6.39. The van der Waals surface area contributed by atoms with Gasteiger partial charge in [0.25, 0.3) is 0 Å². The Morgan fingerprint density at radius 1 is 1.50 bits per heavy atom. The first-order chi connectivity index (χ1) is 9.78. The van der Waals surface area contributed by atoms with E-state index in [1.54, 1.807) is 0 Å². The van der Waals surface area contributed by atoms with E-state index >= 15 is 0 Å². The molecule has 2 heterocycles. The number of thiophene rings is 1. The summed E-state index contributed by atoms with van der Waals surface area (Å²) in [5.74, 6) is 0. The summed E-state index contributed by atoms with van der Waals surface area (Å²) >= 11 is 1.89. The SMILES string of the molecule is C=CCO[C@H]1[C@H]2CC[C@H]1OCCN2Cc1ccc(C)s1. The van der Waals surface area contributed by atoms with Crippen LogP contribution in [0.15, 0.2) is 24.8 Å². The lowest BCUT2D eigenvalue weighted by Crippen LogP contribution is -2.42. The van der Waals surface area contributed by atoms with Crippen molar-refractivity contribution < 1.29 is 9.47 Å². The number of fused-ring (bicyclic) bond motifs is 2. The number of nitrogens with zero attached hydrogens (tertiary/aromatic N) is 1. The van der Waals surface area contributed by atoms with Gasteiger partial charge < -0.3 is 9.47 Å². The van der Waals surface area contributed by atoms with Crippen molar-refractivity contribution in [3.8, 4) is 0 Å². The van der Waals surface area contributed by atoms with Crippen LogP contribution in [0.4, 0.5) is 0 Å². The van der Waals surface area contributed by atoms with E-state index in [-0.39, 0.29) is 12.2 Å². The van der Waals surface area contributed by atoms with Gasteiger partial charge in [-0.1, -0.05) is 6.08 Å². The van der Waals surface area contributed by atoms with E-state index in [1.807, 2.05) is 17.4 Å². The summed E-state index contributed by atoms with van der Waals surface area (Å²) in [7, 11) is 0. The van der Waals surface area contributed by atoms with Gasteiger partial charge in [-0.2, -0.15) is 0 Å². The highest BCUT2D eigenvalue weighted by atomic mass is 32.1. The summed E-state index contributed by atoms with van der Waals surface area (Å²) in [6, 6.07) is 4.94. The Labute approximate surface area is 125 Å². The quantitative estimate of drug-likeness (QED) is 0.779. The average molecular weight is 293 g/mol. The average Bonchev–Trinajstić information content (AvgIpc) is 2.95. The van der Waals surface area contributed by atoms with Gasteiger partial charge in [0, 0.05) is 28.9 Å². The van der Waals surface area contributed by atoms with Crippen LogP contribution >= 0.6 is 11.3 Å². The van der Waals surface area contributed by atoms with E-state index in [2.05, 4.69) is 30.5 Å². The van der Waals surface area contributed by atoms with Crippen LogP contribution in [0, 0.1) is 6.92 Å². The van der Waals surface area contributed by atoms with Crippen LogP contribution in [0.2, 0.25) is 0 Å². The molecule has 110 valence electrons. The fourth-order valence-corrected chi connectivity index (χ4v) is 4.25. The van der Waals surface area contributed by atoms with Crippen LogP contribution in [-0.4, -0.2) is 42.9 Å². The Morgan fingerprint density at radius 3 is 3.15 bits per heavy atom. The lowest BCUT2D eigenvalue weighted by molar-refractivity contribution is -0.0447. The van der Waals surface area contributed by atoms with Gasteiger partial charge in [-0.15, -0.1) is 17.9 Å². The maximum Gasteiger partial charge on any atom is 0.0995 e. The fourth-order valence-electron chi connectivity index (χ4n) is 3.33. The molecule has 1 aliphatic carbocycles. The largest absolute Gasteiger partial charge is 0.374 e. The summed E-state index contributed by atoms with van der Waals surface area (Å²) in [5.41, 5.74) is 0. The van der Waals surface area contributed by atoms with Crippen molar-refractivity contribution in [3.05, 3.63) is 34.5 Å². The predicted octanol–water partition coefficient (Wildman–Crippen LogP) is 2.99. The zero-order valence-corrected chi connectivity index (χ0v) is 12.9. The van der Waals surface area contributed by atoms with Gasteiger partial charge in [0.15, 0.2) is 0 Å². The van der Waals surface area contributed by atoms with Gasteiger partial charge in [0.05, 0.1) is 25.4 Å². The van der Waals surface area contributed by atoms with Crippen LogP contribution in [0.25, 0.3) is 0 Å². The molecule has 2 aliphatic rings. The third kappa shape index (κ3) is 2.98. The molecule has 0 radical (unpaired) electrons. The van der Waals surface area contributed by atoms with Crippen LogP contribution < -0.4 is 0 Å². The van der Waals surface area contributed by atoms with Crippen molar-refractivity contribution in [2.45, 2.75) is 44.6 Å². The summed E-state index contributed by atoms with van der Waals surface area (Å²) in [6.07, 6.45) is 4.60. The first-order valence-corrected chi connectivity index (χ1v) is 8.23. The van der Waals surface area contributed by atoms with Crippen molar-refractivity contribution >= 4 is 11.3 Å². The molecule has 1 aromatic rings. The summed E-state index contributed by atoms with van der Waals surface area (Å²) in [6.45, 7) is 9.38. The standard InChI is InChI=1S/C16H23NO2S/c1-3-9-19-16-14-6-7-15(16)18-10-8-17(14)11-13-5-4-12(2)20-13/h3-5,14-16H,1,6-11H2,2H3/t14-,15-,16+/m1/s1. The van der Waals surface area contributed by atoms with Crippen LogP contribution in [0.5, 0.6) is 0 Å². The zero-order valence-electron chi connectivity index (χ0n) is 12.1. The molecule has 2 bridgehead atoms. The topological polar surface area (TPSA) is 21.7 Å². The van der Waals surface area contributed by atoms with Gasteiger partial charge in [-0.25, -0.2) is 0 Å². The smallest absolute Gasteiger partial charge is 0.0995 e. The van der Waals surface area contributed by atoms with Crippen molar-refractivity contribution in [3.63, 3.8) is 0 Å². The number of rotatable bonds is 5. The molecule has 4 heteroatoms. The molecular weight excluding hydrogens is 270 g/mol. The first-order valence-electron chi connectivity index (χ1n) is 7.41. The molecule has 0 aromatic carbocycles. The number of aryl methyl sites for hydroxylation is 1. The number of hydrogen-bond acceptors (Lipinski definition) is 4. The van der Waals surface area contributed by atoms with Gasteiger partial charge >= 0.3 is 0 Å². The summed E-state index contributed by atoms with van der Waals surface area (Å²) in [4.78, 5) is 5.37. The Balaban J connectivity index is 1.71. The molecule has 0 spiro atoms.